The Morgan fingerprint density at radius 2 is 2.10 bits per heavy atom. The van der Waals surface area contributed by atoms with Gasteiger partial charge in [0, 0.05) is 19.0 Å². The number of aromatic nitrogens is 2. The fraction of sp³-hybridized carbons (Fsp3) is 0.308. The van der Waals surface area contributed by atoms with Crippen LogP contribution in [0.5, 0.6) is 0 Å². The second kappa shape index (κ2) is 5.62. The Labute approximate surface area is 117 Å². The highest BCUT2D eigenvalue weighted by molar-refractivity contribution is 7.90. The highest BCUT2D eigenvalue weighted by Gasteiger charge is 2.11. The molecule has 0 amide bonds. The number of anilines is 1. The number of rotatable bonds is 5. The van der Waals surface area contributed by atoms with Gasteiger partial charge in [0.05, 0.1) is 22.8 Å². The maximum atomic E-state index is 13.7. The molecule has 108 valence electrons. The Hall–Kier alpha value is -1.89. The molecule has 1 aromatic carbocycles. The molecular formula is C13H16FN3O2S. The summed E-state index contributed by atoms with van der Waals surface area (Å²) in [4.78, 5) is 0.0883. The van der Waals surface area contributed by atoms with Gasteiger partial charge in [0.1, 0.15) is 5.82 Å². The van der Waals surface area contributed by atoms with Crippen molar-refractivity contribution in [2.24, 2.45) is 0 Å². The molecule has 0 aliphatic heterocycles. The van der Waals surface area contributed by atoms with E-state index in [0.717, 1.165) is 24.6 Å². The van der Waals surface area contributed by atoms with Crippen LogP contribution >= 0.6 is 0 Å². The van der Waals surface area contributed by atoms with Gasteiger partial charge in [-0.25, -0.2) is 12.8 Å². The predicted octanol–water partition coefficient (Wildman–Crippen LogP) is 2.06. The lowest BCUT2D eigenvalue weighted by Gasteiger charge is -2.10. The minimum Gasteiger partial charge on any atom is -0.377 e. The molecule has 2 rings (SSSR count). The molecule has 0 aliphatic rings. The molecule has 0 bridgehead atoms. The maximum absolute atomic E-state index is 13.7. The van der Waals surface area contributed by atoms with Crippen LogP contribution in [0.25, 0.3) is 0 Å². The fourth-order valence-electron chi connectivity index (χ4n) is 1.85. The number of hydrogen-bond donors (Lipinski definition) is 1. The van der Waals surface area contributed by atoms with Gasteiger partial charge in [-0.1, -0.05) is 0 Å². The van der Waals surface area contributed by atoms with Gasteiger partial charge in [0.2, 0.25) is 0 Å². The van der Waals surface area contributed by atoms with Crippen LogP contribution in [0.3, 0.4) is 0 Å². The lowest BCUT2D eigenvalue weighted by Crippen LogP contribution is -2.09. The molecule has 0 saturated carbocycles. The van der Waals surface area contributed by atoms with Crippen molar-refractivity contribution in [3.8, 4) is 0 Å². The lowest BCUT2D eigenvalue weighted by molar-refractivity contribution is 0.600. The van der Waals surface area contributed by atoms with Crippen molar-refractivity contribution < 1.29 is 12.8 Å². The number of nitrogens with one attached hydrogen (secondary N) is 1. The third-order valence-electron chi connectivity index (χ3n) is 2.93. The molecule has 0 atom stereocenters. The molecule has 0 saturated heterocycles. The predicted molar refractivity (Wildman–Crippen MR) is 74.7 cm³/mol. The summed E-state index contributed by atoms with van der Waals surface area (Å²) in [5.41, 5.74) is 1.06. The average Bonchev–Trinajstić information content (AvgIpc) is 2.83. The number of benzene rings is 1. The monoisotopic (exact) mass is 297 g/mol. The molecule has 1 aromatic heterocycles. The van der Waals surface area contributed by atoms with E-state index in [-0.39, 0.29) is 10.6 Å². The molecule has 1 N–H and O–H groups in total. The van der Waals surface area contributed by atoms with Gasteiger partial charge >= 0.3 is 0 Å². The van der Waals surface area contributed by atoms with Gasteiger partial charge in [-0.2, -0.15) is 5.10 Å². The topological polar surface area (TPSA) is 64.0 Å². The van der Waals surface area contributed by atoms with Crippen LogP contribution in [0.4, 0.5) is 10.1 Å². The quantitative estimate of drug-likeness (QED) is 0.858. The molecule has 0 unspecified atom stereocenters. The SMILES string of the molecule is CCn1nccc1CNc1cc(S(C)(=O)=O)ccc1F. The zero-order chi connectivity index (χ0) is 14.8. The molecule has 1 heterocycles. The van der Waals surface area contributed by atoms with Crippen LogP contribution < -0.4 is 5.32 Å². The van der Waals surface area contributed by atoms with Gasteiger partial charge in [-0.05, 0) is 31.2 Å². The van der Waals surface area contributed by atoms with Crippen LogP contribution in [0.1, 0.15) is 12.6 Å². The summed E-state index contributed by atoms with van der Waals surface area (Å²) < 4.78 is 38.4. The lowest BCUT2D eigenvalue weighted by atomic mass is 10.3. The van der Waals surface area contributed by atoms with Crippen LogP contribution in [0.2, 0.25) is 0 Å². The number of nitrogens with zero attached hydrogens (tertiary/aromatic N) is 2. The number of aryl methyl sites for hydroxylation is 1. The molecule has 7 heteroatoms. The molecule has 0 spiro atoms. The molecule has 0 radical (unpaired) electrons. The van der Waals surface area contributed by atoms with Gasteiger partial charge < -0.3 is 5.32 Å². The van der Waals surface area contributed by atoms with Gasteiger partial charge in [-0.15, -0.1) is 0 Å². The third kappa shape index (κ3) is 3.16. The standard InChI is InChI=1S/C13H16FN3O2S/c1-3-17-10(6-7-16-17)9-15-13-8-11(20(2,18)19)4-5-12(13)14/h4-8,15H,3,9H2,1-2H3. The van der Waals surface area contributed by atoms with Crippen molar-refractivity contribution in [1.82, 2.24) is 9.78 Å². The van der Waals surface area contributed by atoms with E-state index in [4.69, 9.17) is 0 Å². The summed E-state index contributed by atoms with van der Waals surface area (Å²) in [6.07, 6.45) is 2.76. The normalized spacial score (nSPS) is 11.6. The van der Waals surface area contributed by atoms with Crippen LogP contribution in [-0.2, 0) is 22.9 Å². The largest absolute Gasteiger partial charge is 0.377 e. The van der Waals surface area contributed by atoms with Crippen LogP contribution in [0, 0.1) is 5.82 Å². The van der Waals surface area contributed by atoms with E-state index < -0.39 is 15.7 Å². The Bertz CT molecular complexity index is 710. The van der Waals surface area contributed by atoms with E-state index >= 15 is 0 Å². The second-order valence-corrected chi connectivity index (χ2v) is 6.42. The first-order valence-electron chi connectivity index (χ1n) is 6.16. The highest BCUT2D eigenvalue weighted by Crippen LogP contribution is 2.20. The summed E-state index contributed by atoms with van der Waals surface area (Å²) in [6.45, 7) is 3.05. The number of sulfone groups is 1. The van der Waals surface area contributed by atoms with Crippen molar-refractivity contribution in [2.45, 2.75) is 24.9 Å². The first-order valence-corrected chi connectivity index (χ1v) is 8.05. The van der Waals surface area contributed by atoms with E-state index in [1.54, 1.807) is 10.9 Å². The fourth-order valence-corrected chi connectivity index (χ4v) is 2.50. The minimum absolute atomic E-state index is 0.0883. The van der Waals surface area contributed by atoms with Crippen LogP contribution in [-0.4, -0.2) is 24.5 Å². The smallest absolute Gasteiger partial charge is 0.175 e. The van der Waals surface area contributed by atoms with Crippen molar-refractivity contribution in [3.63, 3.8) is 0 Å². The molecule has 0 aliphatic carbocycles. The van der Waals surface area contributed by atoms with Crippen molar-refractivity contribution in [3.05, 3.63) is 42.0 Å². The Morgan fingerprint density at radius 3 is 2.75 bits per heavy atom. The maximum Gasteiger partial charge on any atom is 0.175 e. The van der Waals surface area contributed by atoms with E-state index in [2.05, 4.69) is 10.4 Å². The van der Waals surface area contributed by atoms with Crippen molar-refractivity contribution in [2.75, 3.05) is 11.6 Å². The zero-order valence-electron chi connectivity index (χ0n) is 11.3. The first-order chi connectivity index (χ1) is 9.41. The van der Waals surface area contributed by atoms with Gasteiger partial charge in [0.25, 0.3) is 0 Å². The highest BCUT2D eigenvalue weighted by atomic mass is 32.2. The van der Waals surface area contributed by atoms with E-state index in [9.17, 15) is 12.8 Å². The minimum atomic E-state index is -3.35. The van der Waals surface area contributed by atoms with E-state index in [1.807, 2.05) is 13.0 Å². The summed E-state index contributed by atoms with van der Waals surface area (Å²) in [6, 6.07) is 5.54. The van der Waals surface area contributed by atoms with Gasteiger partial charge in [-0.3, -0.25) is 4.68 Å². The molecule has 20 heavy (non-hydrogen) atoms. The molecular weight excluding hydrogens is 281 g/mol. The van der Waals surface area contributed by atoms with Crippen molar-refractivity contribution >= 4 is 15.5 Å². The Balaban J connectivity index is 2.21. The van der Waals surface area contributed by atoms with Gasteiger partial charge in [0.15, 0.2) is 9.84 Å². The van der Waals surface area contributed by atoms with Crippen LogP contribution in [0.15, 0.2) is 35.4 Å². The Morgan fingerprint density at radius 1 is 1.35 bits per heavy atom. The Kier molecular flexibility index (Phi) is 4.08. The summed E-state index contributed by atoms with van der Waals surface area (Å²) in [5, 5.41) is 7.02. The van der Waals surface area contributed by atoms with E-state index in [1.165, 1.54) is 12.1 Å². The average molecular weight is 297 g/mol. The molecule has 5 nitrogen and oxygen atoms in total. The van der Waals surface area contributed by atoms with Crippen molar-refractivity contribution in [1.29, 1.82) is 0 Å². The number of halogens is 1. The zero-order valence-corrected chi connectivity index (χ0v) is 12.1. The van der Waals surface area contributed by atoms with E-state index in [0.29, 0.717) is 6.54 Å². The first kappa shape index (κ1) is 14.5. The summed E-state index contributed by atoms with van der Waals surface area (Å²) in [7, 11) is -3.35. The second-order valence-electron chi connectivity index (χ2n) is 4.41. The molecule has 2 aromatic rings. The molecule has 0 fully saturated rings. The third-order valence-corrected chi connectivity index (χ3v) is 4.04. The summed E-state index contributed by atoms with van der Waals surface area (Å²) in [5.74, 6) is -0.486. The number of hydrogen-bond acceptors (Lipinski definition) is 4. The summed E-state index contributed by atoms with van der Waals surface area (Å²) >= 11 is 0.